The van der Waals surface area contributed by atoms with Gasteiger partial charge >= 0.3 is 71.1 Å². The molecule has 0 fully saturated rings. The summed E-state index contributed by atoms with van der Waals surface area (Å²) in [5.74, 6) is -11.2. The summed E-state index contributed by atoms with van der Waals surface area (Å²) < 4.78 is 9.94. The number of carbonyl (C=O) groups excluding carboxylic acids is 4. The molecule has 2 unspecified atom stereocenters. The standard InChI is InChI=1S/C30H54O8.2Na/c1-3-5-7-9-11-13-15-17-19-21-23-37-29(35)25(27(31)32)26(28(33)34)30(36)38-24-22-20-18-16-14-12-10-8-6-4-2;;/h25-26H,3-24H2,1-2H3,(H,31,32)(H,33,34);;/q;2*+1/p-2. The van der Waals surface area contributed by atoms with Gasteiger partial charge < -0.3 is 29.3 Å². The number of carbonyl (C=O) groups is 4. The fraction of sp³-hybridized carbons (Fsp3) is 0.867. The number of carboxylic acid groups (broad SMARTS) is 2. The number of unbranched alkanes of at least 4 members (excludes halogenated alkanes) is 18. The Morgan fingerprint density at radius 3 is 0.900 bits per heavy atom. The summed E-state index contributed by atoms with van der Waals surface area (Å²) in [7, 11) is 0. The maximum absolute atomic E-state index is 12.3. The molecule has 40 heavy (non-hydrogen) atoms. The first kappa shape index (κ1) is 44.3. The molecule has 0 aromatic carbocycles. The molecule has 222 valence electrons. The first-order valence-corrected chi connectivity index (χ1v) is 15.1. The molecule has 8 nitrogen and oxygen atoms in total. The molecule has 2 atom stereocenters. The molecule has 0 aliphatic heterocycles. The summed E-state index contributed by atoms with van der Waals surface area (Å²) in [5.41, 5.74) is 0. The van der Waals surface area contributed by atoms with Crippen LogP contribution in [0.15, 0.2) is 0 Å². The van der Waals surface area contributed by atoms with Gasteiger partial charge in [0.05, 0.1) is 25.2 Å². The molecule has 0 aliphatic rings. The molecular formula is C30H52Na2O8. The second-order valence-electron chi connectivity index (χ2n) is 10.3. The fourth-order valence-corrected chi connectivity index (χ4v) is 4.44. The Bertz CT molecular complexity index is 591. The van der Waals surface area contributed by atoms with Crippen molar-refractivity contribution in [1.82, 2.24) is 0 Å². The van der Waals surface area contributed by atoms with Gasteiger partial charge in [0.25, 0.3) is 0 Å². The van der Waals surface area contributed by atoms with Crippen molar-refractivity contribution in [2.75, 3.05) is 13.2 Å². The van der Waals surface area contributed by atoms with Crippen LogP contribution < -0.4 is 69.3 Å². The minimum atomic E-state index is -2.30. The fourth-order valence-electron chi connectivity index (χ4n) is 4.44. The van der Waals surface area contributed by atoms with Crippen molar-refractivity contribution >= 4 is 23.9 Å². The van der Waals surface area contributed by atoms with Crippen LogP contribution in [0.5, 0.6) is 0 Å². The third kappa shape index (κ3) is 24.5. The van der Waals surface area contributed by atoms with Crippen LogP contribution in [0, 0.1) is 11.8 Å². The topological polar surface area (TPSA) is 133 Å². The molecule has 0 heterocycles. The average Bonchev–Trinajstić information content (AvgIpc) is 2.88. The molecular weight excluding hydrogens is 534 g/mol. The van der Waals surface area contributed by atoms with Crippen molar-refractivity contribution in [1.29, 1.82) is 0 Å². The van der Waals surface area contributed by atoms with Crippen molar-refractivity contribution in [3.05, 3.63) is 0 Å². The summed E-state index contributed by atoms with van der Waals surface area (Å²) in [6, 6.07) is 0. The number of hydrogen-bond acceptors (Lipinski definition) is 8. The van der Waals surface area contributed by atoms with E-state index < -0.39 is 35.7 Å². The summed E-state index contributed by atoms with van der Waals surface area (Å²) in [6.07, 6.45) is 21.5. The van der Waals surface area contributed by atoms with Crippen LogP contribution in [0.2, 0.25) is 0 Å². The van der Waals surface area contributed by atoms with Crippen LogP contribution >= 0.6 is 0 Å². The van der Waals surface area contributed by atoms with Gasteiger partial charge in [-0.05, 0) is 12.8 Å². The molecule has 0 saturated heterocycles. The Balaban J connectivity index is -0.00000684. The maximum Gasteiger partial charge on any atom is 1.00 e. The van der Waals surface area contributed by atoms with Crippen molar-refractivity contribution in [3.63, 3.8) is 0 Å². The van der Waals surface area contributed by atoms with Gasteiger partial charge in [-0.25, -0.2) is 0 Å². The molecule has 0 aromatic heterocycles. The third-order valence-corrected chi connectivity index (χ3v) is 6.83. The Labute approximate surface area is 287 Å². The zero-order chi connectivity index (χ0) is 28.4. The molecule has 0 N–H and O–H groups in total. The van der Waals surface area contributed by atoms with Crippen LogP contribution in [0.4, 0.5) is 0 Å². The molecule has 0 radical (unpaired) electrons. The largest absolute Gasteiger partial charge is 1.00 e. The van der Waals surface area contributed by atoms with Gasteiger partial charge in [0, 0.05) is 0 Å². The summed E-state index contributed by atoms with van der Waals surface area (Å²) in [6.45, 7) is 4.28. The molecule has 0 spiro atoms. The predicted octanol–water partition coefficient (Wildman–Crippen LogP) is -1.35. The van der Waals surface area contributed by atoms with E-state index in [0.29, 0.717) is 12.8 Å². The monoisotopic (exact) mass is 586 g/mol. The first-order valence-electron chi connectivity index (χ1n) is 15.1. The maximum atomic E-state index is 12.3. The van der Waals surface area contributed by atoms with Crippen LogP contribution in [-0.4, -0.2) is 37.1 Å². The second kappa shape index (κ2) is 31.8. The predicted molar refractivity (Wildman–Crippen MR) is 143 cm³/mol. The number of rotatable bonds is 27. The van der Waals surface area contributed by atoms with Gasteiger partial charge in [-0.2, -0.15) is 0 Å². The zero-order valence-electron chi connectivity index (χ0n) is 26.0. The number of esters is 2. The van der Waals surface area contributed by atoms with Crippen LogP contribution in [0.3, 0.4) is 0 Å². The molecule has 10 heteroatoms. The Hall–Kier alpha value is -0.120. The Kier molecular flexibility index (Phi) is 35.2. The number of hydrogen-bond donors (Lipinski definition) is 0. The van der Waals surface area contributed by atoms with E-state index in [1.54, 1.807) is 0 Å². The molecule has 0 amide bonds. The van der Waals surface area contributed by atoms with Crippen molar-refractivity contribution in [2.24, 2.45) is 11.8 Å². The molecule has 0 rings (SSSR count). The van der Waals surface area contributed by atoms with E-state index >= 15 is 0 Å². The quantitative estimate of drug-likeness (QED) is 0.0500. The normalized spacial score (nSPS) is 11.9. The Morgan fingerprint density at radius 1 is 0.450 bits per heavy atom. The van der Waals surface area contributed by atoms with E-state index in [1.165, 1.54) is 64.2 Å². The van der Waals surface area contributed by atoms with Gasteiger partial charge in [-0.15, -0.1) is 0 Å². The van der Waals surface area contributed by atoms with Gasteiger partial charge in [0.15, 0.2) is 0 Å². The zero-order valence-corrected chi connectivity index (χ0v) is 30.0. The molecule has 0 saturated carbocycles. The molecule has 0 bridgehead atoms. The van der Waals surface area contributed by atoms with Crippen LogP contribution in [-0.2, 0) is 28.7 Å². The van der Waals surface area contributed by atoms with E-state index in [0.717, 1.165) is 51.4 Å². The Morgan fingerprint density at radius 2 is 0.675 bits per heavy atom. The second-order valence-corrected chi connectivity index (χ2v) is 10.3. The van der Waals surface area contributed by atoms with Crippen LogP contribution in [0.1, 0.15) is 142 Å². The molecule has 0 aliphatic carbocycles. The van der Waals surface area contributed by atoms with Gasteiger partial charge in [0.2, 0.25) is 0 Å². The smallest absolute Gasteiger partial charge is 0.549 e. The SMILES string of the molecule is CCCCCCCCCCCCOC(=O)C(C(=O)[O-])C(C(=O)[O-])C(=O)OCCCCCCCCCCCC.[Na+].[Na+]. The third-order valence-electron chi connectivity index (χ3n) is 6.83. The minimum Gasteiger partial charge on any atom is -0.549 e. The summed E-state index contributed by atoms with van der Waals surface area (Å²) in [4.78, 5) is 47.7. The van der Waals surface area contributed by atoms with Crippen LogP contribution in [0.25, 0.3) is 0 Å². The summed E-state index contributed by atoms with van der Waals surface area (Å²) >= 11 is 0. The van der Waals surface area contributed by atoms with Gasteiger partial charge in [-0.1, -0.05) is 129 Å². The van der Waals surface area contributed by atoms with E-state index in [-0.39, 0.29) is 72.3 Å². The summed E-state index contributed by atoms with van der Waals surface area (Å²) in [5, 5.41) is 23.1. The van der Waals surface area contributed by atoms with E-state index in [9.17, 15) is 29.4 Å². The van der Waals surface area contributed by atoms with Gasteiger partial charge in [0.1, 0.15) is 11.8 Å². The van der Waals surface area contributed by atoms with E-state index in [1.807, 2.05) is 0 Å². The van der Waals surface area contributed by atoms with Crippen molar-refractivity contribution < 1.29 is 98.0 Å². The van der Waals surface area contributed by atoms with Crippen molar-refractivity contribution in [2.45, 2.75) is 142 Å². The number of ether oxygens (including phenoxy) is 2. The van der Waals surface area contributed by atoms with Gasteiger partial charge in [-0.3, -0.25) is 9.59 Å². The molecule has 0 aromatic rings. The minimum absolute atomic E-state index is 0. The van der Waals surface area contributed by atoms with E-state index in [4.69, 9.17) is 9.47 Å². The number of aliphatic carboxylic acids is 2. The van der Waals surface area contributed by atoms with E-state index in [2.05, 4.69) is 13.8 Å². The average molecular weight is 587 g/mol. The first-order chi connectivity index (χ1) is 18.4. The van der Waals surface area contributed by atoms with Crippen molar-refractivity contribution in [3.8, 4) is 0 Å². The number of carboxylic acids is 2.